The van der Waals surface area contributed by atoms with Gasteiger partial charge in [0.15, 0.2) is 5.78 Å². The van der Waals surface area contributed by atoms with Gasteiger partial charge in [-0.15, -0.1) is 0 Å². The molecule has 9 nitrogen and oxygen atoms in total. The molecule has 0 saturated carbocycles. The summed E-state index contributed by atoms with van der Waals surface area (Å²) in [7, 11) is 0. The molecule has 1 saturated heterocycles. The summed E-state index contributed by atoms with van der Waals surface area (Å²) in [5, 5.41) is 18.0. The van der Waals surface area contributed by atoms with Crippen molar-refractivity contribution >= 4 is 40.8 Å². The molecule has 0 aliphatic carbocycles. The van der Waals surface area contributed by atoms with Crippen molar-refractivity contribution in [1.82, 2.24) is 4.90 Å². The van der Waals surface area contributed by atoms with Crippen LogP contribution in [0.5, 0.6) is 0 Å². The second-order valence-corrected chi connectivity index (χ2v) is 11.6. The molecule has 0 spiro atoms. The molecule has 9 heteroatoms. The van der Waals surface area contributed by atoms with Crippen LogP contribution in [0.1, 0.15) is 65.4 Å². The number of Topliss-reactive ketones (excluding diaryl/α,β-unsaturated/α-hetero) is 1. The molecule has 3 amide bonds. The van der Waals surface area contributed by atoms with Crippen LogP contribution in [0.3, 0.4) is 0 Å². The number of para-hydroxylation sites is 1. The third kappa shape index (κ3) is 8.30. The van der Waals surface area contributed by atoms with E-state index >= 15 is 0 Å². The molecular formula is C30H40N4O5. The molecule has 1 fully saturated rings. The van der Waals surface area contributed by atoms with Crippen LogP contribution in [0.25, 0.3) is 0 Å². The number of carbonyl (C=O) groups excluding carboxylic acids is 3. The van der Waals surface area contributed by atoms with Crippen LogP contribution in [-0.4, -0.2) is 51.8 Å². The van der Waals surface area contributed by atoms with Gasteiger partial charge >= 0.3 is 12.0 Å². The lowest BCUT2D eigenvalue weighted by molar-refractivity contribution is -0.141. The number of carbonyl (C=O) groups is 4. The van der Waals surface area contributed by atoms with Crippen molar-refractivity contribution in [2.45, 2.75) is 78.3 Å². The molecule has 0 aromatic heterocycles. The smallest absolute Gasteiger partial charge is 0.323 e. The number of hydrogen-bond acceptors (Lipinski definition) is 5. The highest BCUT2D eigenvalue weighted by Gasteiger charge is 2.41. The van der Waals surface area contributed by atoms with Crippen LogP contribution in [0.4, 0.5) is 21.9 Å². The molecular weight excluding hydrogens is 496 g/mol. The van der Waals surface area contributed by atoms with E-state index in [1.807, 2.05) is 45.0 Å². The SMILES string of the molecule is Cc1ccccc1NC(=O)Nc1ccc(NC(C)(C)C(=O)C2CCCN2C(=O)CCC(C)(C)CC(=O)O)cc1. The quantitative estimate of drug-likeness (QED) is 0.293. The first-order valence-corrected chi connectivity index (χ1v) is 13.3. The first-order chi connectivity index (χ1) is 18.3. The van der Waals surface area contributed by atoms with Crippen molar-refractivity contribution in [3.8, 4) is 0 Å². The Labute approximate surface area is 230 Å². The van der Waals surface area contributed by atoms with E-state index in [2.05, 4.69) is 16.0 Å². The van der Waals surface area contributed by atoms with E-state index in [4.69, 9.17) is 5.11 Å². The number of nitrogens with zero attached hydrogens (tertiary/aromatic N) is 1. The maximum Gasteiger partial charge on any atom is 0.323 e. The standard InChI is InChI=1S/C30H40N4O5/c1-20-9-6-7-10-23(20)32-28(39)31-21-12-14-22(15-13-21)33-30(4,5)27(38)24-11-8-18-34(24)25(35)16-17-29(2,3)19-26(36)37/h6-7,9-10,12-15,24,33H,8,11,16-19H2,1-5H3,(H,36,37)(H2,31,32,39). The fourth-order valence-electron chi connectivity index (χ4n) is 4.90. The van der Waals surface area contributed by atoms with E-state index in [0.29, 0.717) is 30.8 Å². The van der Waals surface area contributed by atoms with Crippen molar-refractivity contribution in [1.29, 1.82) is 0 Å². The van der Waals surface area contributed by atoms with Crippen molar-refractivity contribution < 1.29 is 24.3 Å². The highest BCUT2D eigenvalue weighted by Crippen LogP contribution is 2.30. The summed E-state index contributed by atoms with van der Waals surface area (Å²) in [4.78, 5) is 51.7. The van der Waals surface area contributed by atoms with Gasteiger partial charge in [0.2, 0.25) is 5.91 Å². The maximum absolute atomic E-state index is 13.5. The predicted molar refractivity (Wildman–Crippen MR) is 153 cm³/mol. The van der Waals surface area contributed by atoms with E-state index in [1.54, 1.807) is 43.0 Å². The highest BCUT2D eigenvalue weighted by molar-refractivity contribution is 6.00. The Hall–Kier alpha value is -3.88. The van der Waals surface area contributed by atoms with Gasteiger partial charge in [-0.1, -0.05) is 32.0 Å². The Morgan fingerprint density at radius 1 is 0.949 bits per heavy atom. The summed E-state index contributed by atoms with van der Waals surface area (Å²) < 4.78 is 0. The summed E-state index contributed by atoms with van der Waals surface area (Å²) in [5.74, 6) is -1.07. The number of aryl methyl sites for hydroxylation is 1. The van der Waals surface area contributed by atoms with Gasteiger partial charge in [-0.05, 0) is 81.3 Å². The van der Waals surface area contributed by atoms with Gasteiger partial charge in [-0.25, -0.2) is 4.79 Å². The normalized spacial score (nSPS) is 15.5. The average molecular weight is 537 g/mol. The number of aliphatic carboxylic acids is 1. The minimum Gasteiger partial charge on any atom is -0.481 e. The molecule has 1 aliphatic heterocycles. The molecule has 210 valence electrons. The number of rotatable bonds is 11. The van der Waals surface area contributed by atoms with Crippen molar-refractivity contribution in [3.05, 3.63) is 54.1 Å². The lowest BCUT2D eigenvalue weighted by Crippen LogP contribution is -2.52. The number of amides is 3. The van der Waals surface area contributed by atoms with E-state index in [-0.39, 0.29) is 30.6 Å². The minimum atomic E-state index is -0.937. The molecule has 2 aromatic carbocycles. The monoisotopic (exact) mass is 536 g/mol. The van der Waals surface area contributed by atoms with E-state index in [9.17, 15) is 19.2 Å². The van der Waals surface area contributed by atoms with Gasteiger partial charge in [0.1, 0.15) is 0 Å². The fourth-order valence-corrected chi connectivity index (χ4v) is 4.90. The second-order valence-electron chi connectivity index (χ2n) is 11.6. The van der Waals surface area contributed by atoms with Crippen molar-refractivity contribution in [2.75, 3.05) is 22.5 Å². The lowest BCUT2D eigenvalue weighted by Gasteiger charge is -2.33. The number of carboxylic acid groups (broad SMARTS) is 1. The van der Waals surface area contributed by atoms with E-state index < -0.39 is 23.0 Å². The van der Waals surface area contributed by atoms with E-state index in [1.165, 1.54) is 0 Å². The first-order valence-electron chi connectivity index (χ1n) is 13.3. The summed E-state index contributed by atoms with van der Waals surface area (Å²) in [6.45, 7) is 9.72. The molecule has 2 aromatic rings. The predicted octanol–water partition coefficient (Wildman–Crippen LogP) is 5.67. The number of urea groups is 1. The average Bonchev–Trinajstić information content (AvgIpc) is 3.34. The molecule has 1 atom stereocenters. The van der Waals surface area contributed by atoms with Crippen LogP contribution in [0, 0.1) is 12.3 Å². The number of benzene rings is 2. The van der Waals surface area contributed by atoms with Gasteiger partial charge in [0.05, 0.1) is 18.0 Å². The number of likely N-dealkylation sites (tertiary alicyclic amines) is 1. The third-order valence-electron chi connectivity index (χ3n) is 7.13. The molecule has 0 radical (unpaired) electrons. The lowest BCUT2D eigenvalue weighted by atomic mass is 9.84. The first kappa shape index (κ1) is 29.7. The van der Waals surface area contributed by atoms with E-state index in [0.717, 1.165) is 17.7 Å². The molecule has 3 rings (SSSR count). The molecule has 1 unspecified atom stereocenters. The largest absolute Gasteiger partial charge is 0.481 e. The molecule has 0 bridgehead atoms. The number of carboxylic acids is 1. The van der Waals surface area contributed by atoms with Gasteiger partial charge in [-0.2, -0.15) is 0 Å². The zero-order valence-electron chi connectivity index (χ0n) is 23.5. The Kier molecular flexibility index (Phi) is 9.37. The summed E-state index contributed by atoms with van der Waals surface area (Å²) in [6.07, 6.45) is 2.00. The summed E-state index contributed by atoms with van der Waals surface area (Å²) >= 11 is 0. The van der Waals surface area contributed by atoms with Crippen LogP contribution in [-0.2, 0) is 14.4 Å². The number of nitrogens with one attached hydrogen (secondary N) is 3. The maximum atomic E-state index is 13.5. The molecule has 1 aliphatic rings. The van der Waals surface area contributed by atoms with Gasteiger partial charge in [0.25, 0.3) is 0 Å². The number of ketones is 1. The molecule has 1 heterocycles. The van der Waals surface area contributed by atoms with Crippen molar-refractivity contribution in [2.24, 2.45) is 5.41 Å². The fraction of sp³-hybridized carbons (Fsp3) is 0.467. The zero-order chi connectivity index (χ0) is 28.8. The molecule has 4 N–H and O–H groups in total. The molecule has 39 heavy (non-hydrogen) atoms. The zero-order valence-corrected chi connectivity index (χ0v) is 23.5. The third-order valence-corrected chi connectivity index (χ3v) is 7.13. The van der Waals surface area contributed by atoms with Crippen LogP contribution < -0.4 is 16.0 Å². The minimum absolute atomic E-state index is 0.00866. The second kappa shape index (κ2) is 12.3. The summed E-state index contributed by atoms with van der Waals surface area (Å²) in [5.41, 5.74) is 1.58. The Morgan fingerprint density at radius 2 is 1.59 bits per heavy atom. The highest BCUT2D eigenvalue weighted by atomic mass is 16.4. The van der Waals surface area contributed by atoms with Crippen LogP contribution in [0.2, 0.25) is 0 Å². The van der Waals surface area contributed by atoms with Crippen LogP contribution in [0.15, 0.2) is 48.5 Å². The van der Waals surface area contributed by atoms with Gasteiger partial charge < -0.3 is 26.0 Å². The Bertz CT molecular complexity index is 1210. The Morgan fingerprint density at radius 3 is 2.23 bits per heavy atom. The number of anilines is 3. The van der Waals surface area contributed by atoms with Gasteiger partial charge in [0, 0.05) is 30.0 Å². The van der Waals surface area contributed by atoms with Crippen LogP contribution >= 0.6 is 0 Å². The topological polar surface area (TPSA) is 128 Å². The summed E-state index contributed by atoms with van der Waals surface area (Å²) in [6, 6.07) is 13.7. The van der Waals surface area contributed by atoms with Gasteiger partial charge in [-0.3, -0.25) is 14.4 Å². The Balaban J connectivity index is 1.57. The van der Waals surface area contributed by atoms with Crippen molar-refractivity contribution in [3.63, 3.8) is 0 Å². The number of hydrogen-bond donors (Lipinski definition) is 4.